The lowest BCUT2D eigenvalue weighted by atomic mass is 10.1. The molecule has 3 heterocycles. The second-order valence-corrected chi connectivity index (χ2v) is 9.95. The average molecular weight is 505 g/mol. The monoisotopic (exact) mass is 504 g/mol. The number of imidazole rings is 1. The van der Waals surface area contributed by atoms with Crippen molar-refractivity contribution in [2.24, 2.45) is 12.8 Å². The van der Waals surface area contributed by atoms with Crippen LogP contribution < -0.4 is 21.9 Å². The lowest BCUT2D eigenvalue weighted by Crippen LogP contribution is -2.44. The summed E-state index contributed by atoms with van der Waals surface area (Å²) in [7, 11) is 1.65. The summed E-state index contributed by atoms with van der Waals surface area (Å²) in [5.41, 5.74) is 8.21. The predicted molar refractivity (Wildman–Crippen MR) is 138 cm³/mol. The van der Waals surface area contributed by atoms with E-state index in [-0.39, 0.29) is 18.1 Å². The van der Waals surface area contributed by atoms with Gasteiger partial charge in [0.25, 0.3) is 5.56 Å². The Kier molecular flexibility index (Phi) is 7.21. The Hall–Kier alpha value is -2.55. The van der Waals surface area contributed by atoms with Crippen molar-refractivity contribution in [2.45, 2.75) is 52.2 Å². The van der Waals surface area contributed by atoms with Crippen LogP contribution >= 0.6 is 23.2 Å². The third-order valence-electron chi connectivity index (χ3n) is 6.25. The van der Waals surface area contributed by atoms with E-state index in [1.54, 1.807) is 19.2 Å². The molecule has 34 heavy (non-hydrogen) atoms. The van der Waals surface area contributed by atoms with Gasteiger partial charge in [0.15, 0.2) is 11.2 Å². The number of piperidine rings is 1. The predicted octanol–water partition coefficient (Wildman–Crippen LogP) is 3.34. The molecule has 10 heteroatoms. The Morgan fingerprint density at radius 2 is 2.00 bits per heavy atom. The molecule has 1 aromatic carbocycles. The number of aryl methyl sites for hydroxylation is 2. The highest BCUT2D eigenvalue weighted by Crippen LogP contribution is 2.24. The van der Waals surface area contributed by atoms with Gasteiger partial charge in [-0.15, -0.1) is 0 Å². The van der Waals surface area contributed by atoms with E-state index in [9.17, 15) is 9.59 Å². The first kappa shape index (κ1) is 24.6. The number of benzene rings is 1. The SMILES string of the molecule is CC(C)=CCn1c(N2CCCC(N)C2)nc2c1c(=O)n(CCc1ccc(Cl)cc1Cl)c(=O)n2C. The standard InChI is InChI=1S/C24H30Cl2N6O2/c1-15(2)8-11-31-20-21(28-23(31)30-10-4-5-18(27)14-30)29(3)24(34)32(22(20)33)12-9-16-6-7-17(25)13-19(16)26/h6-8,13,18H,4-5,9-12,14,27H2,1-3H3. The number of allylic oxidation sites excluding steroid dienone is 2. The summed E-state index contributed by atoms with van der Waals surface area (Å²) in [4.78, 5) is 33.7. The summed E-state index contributed by atoms with van der Waals surface area (Å²) in [5, 5.41) is 1.05. The summed E-state index contributed by atoms with van der Waals surface area (Å²) < 4.78 is 4.63. The van der Waals surface area contributed by atoms with Gasteiger partial charge in [-0.2, -0.15) is 4.98 Å². The van der Waals surface area contributed by atoms with Gasteiger partial charge >= 0.3 is 5.69 Å². The molecule has 0 radical (unpaired) electrons. The van der Waals surface area contributed by atoms with Crippen LogP contribution in [-0.4, -0.2) is 37.8 Å². The second-order valence-electron chi connectivity index (χ2n) is 9.11. The number of rotatable bonds is 6. The third kappa shape index (κ3) is 4.80. The van der Waals surface area contributed by atoms with Gasteiger partial charge in [-0.05, 0) is 50.8 Å². The minimum Gasteiger partial charge on any atom is -0.341 e. The molecule has 0 saturated carbocycles. The van der Waals surface area contributed by atoms with Crippen molar-refractivity contribution in [1.29, 1.82) is 0 Å². The highest BCUT2D eigenvalue weighted by atomic mass is 35.5. The second kappa shape index (κ2) is 9.98. The molecule has 3 aromatic rings. The summed E-state index contributed by atoms with van der Waals surface area (Å²) in [6, 6.07) is 5.27. The molecular formula is C24H30Cl2N6O2. The molecule has 1 fully saturated rings. The Morgan fingerprint density at radius 1 is 1.24 bits per heavy atom. The van der Waals surface area contributed by atoms with Crippen molar-refractivity contribution in [3.05, 3.63) is 66.3 Å². The summed E-state index contributed by atoms with van der Waals surface area (Å²) >= 11 is 12.3. The maximum absolute atomic E-state index is 13.7. The zero-order valence-electron chi connectivity index (χ0n) is 19.7. The maximum atomic E-state index is 13.7. The molecule has 2 aromatic heterocycles. The number of hydrogen-bond acceptors (Lipinski definition) is 5. The Morgan fingerprint density at radius 3 is 2.68 bits per heavy atom. The van der Waals surface area contributed by atoms with Crippen LogP contribution in [0.5, 0.6) is 0 Å². The van der Waals surface area contributed by atoms with Crippen LogP contribution in [0.4, 0.5) is 5.95 Å². The number of fused-ring (bicyclic) bond motifs is 1. The molecule has 0 amide bonds. The minimum absolute atomic E-state index is 0.0510. The van der Waals surface area contributed by atoms with Gasteiger partial charge in [0.05, 0.1) is 0 Å². The highest BCUT2D eigenvalue weighted by Gasteiger charge is 2.26. The number of halogens is 2. The van der Waals surface area contributed by atoms with E-state index in [0.717, 1.165) is 30.5 Å². The Balaban J connectivity index is 1.84. The lowest BCUT2D eigenvalue weighted by molar-refractivity contribution is 0.495. The Labute approximate surface area is 208 Å². The van der Waals surface area contributed by atoms with Gasteiger partial charge in [0.2, 0.25) is 5.95 Å². The van der Waals surface area contributed by atoms with Crippen molar-refractivity contribution in [3.8, 4) is 0 Å². The third-order valence-corrected chi connectivity index (χ3v) is 6.84. The van der Waals surface area contributed by atoms with Gasteiger partial charge in [-0.3, -0.25) is 13.9 Å². The molecule has 1 aliphatic heterocycles. The molecule has 4 rings (SSSR count). The quantitative estimate of drug-likeness (QED) is 0.519. The topological polar surface area (TPSA) is 91.1 Å². The number of hydrogen-bond donors (Lipinski definition) is 1. The van der Waals surface area contributed by atoms with Gasteiger partial charge < -0.3 is 15.2 Å². The largest absolute Gasteiger partial charge is 0.341 e. The fourth-order valence-corrected chi connectivity index (χ4v) is 4.90. The minimum atomic E-state index is -0.406. The van der Waals surface area contributed by atoms with Crippen molar-refractivity contribution in [3.63, 3.8) is 0 Å². The highest BCUT2D eigenvalue weighted by molar-refractivity contribution is 6.35. The summed E-state index contributed by atoms with van der Waals surface area (Å²) in [5.74, 6) is 0.674. The van der Waals surface area contributed by atoms with Gasteiger partial charge in [0.1, 0.15) is 0 Å². The van der Waals surface area contributed by atoms with Gasteiger partial charge in [0, 0.05) is 49.3 Å². The van der Waals surface area contributed by atoms with E-state index < -0.39 is 5.69 Å². The van der Waals surface area contributed by atoms with Crippen LogP contribution in [0.1, 0.15) is 32.3 Å². The fraction of sp³-hybridized carbons (Fsp3) is 0.458. The smallest absolute Gasteiger partial charge is 0.332 e. The molecule has 0 aliphatic carbocycles. The Bertz CT molecular complexity index is 1370. The molecule has 1 unspecified atom stereocenters. The summed E-state index contributed by atoms with van der Waals surface area (Å²) in [6.45, 7) is 6.17. The molecule has 1 aliphatic rings. The first-order valence-corrected chi connectivity index (χ1v) is 12.2. The molecular weight excluding hydrogens is 475 g/mol. The van der Waals surface area contributed by atoms with Crippen molar-refractivity contribution in [1.82, 2.24) is 18.7 Å². The van der Waals surface area contributed by atoms with E-state index >= 15 is 0 Å². The fourth-order valence-electron chi connectivity index (χ4n) is 4.39. The van der Waals surface area contributed by atoms with E-state index in [1.165, 1.54) is 9.13 Å². The summed E-state index contributed by atoms with van der Waals surface area (Å²) in [6.07, 6.45) is 4.39. The maximum Gasteiger partial charge on any atom is 0.332 e. The van der Waals surface area contributed by atoms with Crippen LogP contribution in [0.15, 0.2) is 39.4 Å². The van der Waals surface area contributed by atoms with E-state index in [2.05, 4.69) is 11.0 Å². The molecule has 1 atom stereocenters. The van der Waals surface area contributed by atoms with Crippen LogP contribution in [0, 0.1) is 0 Å². The van der Waals surface area contributed by atoms with E-state index in [1.807, 2.05) is 24.5 Å². The van der Waals surface area contributed by atoms with Crippen LogP contribution in [0.3, 0.4) is 0 Å². The van der Waals surface area contributed by atoms with Crippen molar-refractivity contribution in [2.75, 3.05) is 18.0 Å². The van der Waals surface area contributed by atoms with E-state index in [4.69, 9.17) is 33.9 Å². The molecule has 0 bridgehead atoms. The zero-order valence-corrected chi connectivity index (χ0v) is 21.2. The van der Waals surface area contributed by atoms with Crippen LogP contribution in [-0.2, 0) is 26.6 Å². The normalized spacial score (nSPS) is 16.3. The average Bonchev–Trinajstić information content (AvgIpc) is 3.17. The molecule has 1 saturated heterocycles. The van der Waals surface area contributed by atoms with Crippen molar-refractivity contribution < 1.29 is 0 Å². The van der Waals surface area contributed by atoms with Crippen LogP contribution in [0.25, 0.3) is 11.2 Å². The number of nitrogens with zero attached hydrogens (tertiary/aromatic N) is 5. The van der Waals surface area contributed by atoms with Crippen LogP contribution in [0.2, 0.25) is 10.0 Å². The molecule has 0 spiro atoms. The zero-order chi connectivity index (χ0) is 24.6. The molecule has 2 N–H and O–H groups in total. The molecule has 182 valence electrons. The number of anilines is 1. The lowest BCUT2D eigenvalue weighted by Gasteiger charge is -2.31. The first-order chi connectivity index (χ1) is 16.2. The van der Waals surface area contributed by atoms with Gasteiger partial charge in [-0.1, -0.05) is 40.9 Å². The number of aromatic nitrogens is 4. The van der Waals surface area contributed by atoms with Gasteiger partial charge in [-0.25, -0.2) is 4.79 Å². The van der Waals surface area contributed by atoms with E-state index in [0.29, 0.717) is 46.7 Å². The first-order valence-electron chi connectivity index (χ1n) is 11.4. The van der Waals surface area contributed by atoms with Crippen molar-refractivity contribution >= 4 is 40.3 Å². The number of nitrogens with two attached hydrogens (primary N) is 1. The molecule has 8 nitrogen and oxygen atoms in total.